The first-order chi connectivity index (χ1) is 9.90. The van der Waals surface area contributed by atoms with Crippen LogP contribution in [0.1, 0.15) is 36.9 Å². The molecule has 1 saturated heterocycles. The van der Waals surface area contributed by atoms with Gasteiger partial charge in [-0.1, -0.05) is 0 Å². The summed E-state index contributed by atoms with van der Waals surface area (Å²) in [6.07, 6.45) is 7.71. The number of methoxy groups -OCH3 is 1. The Morgan fingerprint density at radius 1 is 1.45 bits per heavy atom. The summed E-state index contributed by atoms with van der Waals surface area (Å²) in [5.41, 5.74) is 2.06. The molecular weight excluding hydrogens is 270 g/mol. The van der Waals surface area contributed by atoms with Crippen molar-refractivity contribution in [1.82, 2.24) is 14.5 Å². The summed E-state index contributed by atoms with van der Waals surface area (Å²) in [6, 6.07) is 4.03. The molecule has 1 aliphatic heterocycles. The summed E-state index contributed by atoms with van der Waals surface area (Å²) < 4.78 is 7.53. The van der Waals surface area contributed by atoms with E-state index in [4.69, 9.17) is 9.72 Å². The van der Waals surface area contributed by atoms with Crippen molar-refractivity contribution in [3.05, 3.63) is 24.2 Å². The highest BCUT2D eigenvalue weighted by Crippen LogP contribution is 2.37. The van der Waals surface area contributed by atoms with E-state index in [1.54, 1.807) is 7.11 Å². The number of aryl methyl sites for hydroxylation is 1. The fraction of sp³-hybridized carbons (Fsp3) is 0.600. The monoisotopic (exact) mass is 291 g/mol. The van der Waals surface area contributed by atoms with Gasteiger partial charge in [-0.05, 0) is 43.6 Å². The first-order valence-corrected chi connectivity index (χ1v) is 8.37. The topological polar surface area (TPSA) is 39.9 Å². The van der Waals surface area contributed by atoms with Crippen molar-refractivity contribution in [3.63, 3.8) is 0 Å². The Morgan fingerprint density at radius 3 is 3.20 bits per heavy atom. The van der Waals surface area contributed by atoms with E-state index in [1.807, 2.05) is 24.0 Å². The predicted octanol–water partition coefficient (Wildman–Crippen LogP) is 3.43. The van der Waals surface area contributed by atoms with Crippen LogP contribution in [0, 0.1) is 0 Å². The molecule has 4 nitrogen and oxygen atoms in total. The van der Waals surface area contributed by atoms with Gasteiger partial charge in [-0.15, -0.1) is 11.8 Å². The molecule has 20 heavy (non-hydrogen) atoms. The van der Waals surface area contributed by atoms with Crippen molar-refractivity contribution in [1.29, 1.82) is 0 Å². The molecule has 108 valence electrons. The van der Waals surface area contributed by atoms with Crippen molar-refractivity contribution in [2.75, 3.05) is 19.5 Å². The van der Waals surface area contributed by atoms with Crippen molar-refractivity contribution in [2.24, 2.45) is 0 Å². The van der Waals surface area contributed by atoms with Crippen LogP contribution in [0.2, 0.25) is 0 Å². The largest absolute Gasteiger partial charge is 0.385 e. The van der Waals surface area contributed by atoms with E-state index in [0.717, 1.165) is 36.4 Å². The summed E-state index contributed by atoms with van der Waals surface area (Å²) in [5, 5.41) is 0.501. The van der Waals surface area contributed by atoms with E-state index >= 15 is 0 Å². The molecule has 3 heterocycles. The van der Waals surface area contributed by atoms with E-state index in [1.165, 1.54) is 25.0 Å². The van der Waals surface area contributed by atoms with Gasteiger partial charge < -0.3 is 9.30 Å². The Kier molecular flexibility index (Phi) is 4.58. The van der Waals surface area contributed by atoms with Gasteiger partial charge in [0, 0.05) is 26.3 Å². The molecular formula is C15H21N3OS. The molecule has 0 aliphatic carbocycles. The third-order valence-electron chi connectivity index (χ3n) is 3.71. The van der Waals surface area contributed by atoms with Crippen LogP contribution < -0.4 is 0 Å². The van der Waals surface area contributed by atoms with Crippen LogP contribution in [-0.2, 0) is 11.2 Å². The molecule has 0 N–H and O–H groups in total. The molecule has 3 rings (SSSR count). The second kappa shape index (κ2) is 6.59. The summed E-state index contributed by atoms with van der Waals surface area (Å²) in [5.74, 6) is 2.41. The van der Waals surface area contributed by atoms with Crippen LogP contribution in [-0.4, -0.2) is 34.0 Å². The number of imidazole rings is 1. The van der Waals surface area contributed by atoms with Gasteiger partial charge in [0.2, 0.25) is 0 Å². The zero-order chi connectivity index (χ0) is 13.8. The summed E-state index contributed by atoms with van der Waals surface area (Å²) in [4.78, 5) is 9.35. The molecule has 1 unspecified atom stereocenters. The number of nitrogens with zero attached hydrogens (tertiary/aromatic N) is 3. The second-order valence-electron chi connectivity index (χ2n) is 5.16. The Labute approximate surface area is 123 Å². The van der Waals surface area contributed by atoms with Gasteiger partial charge >= 0.3 is 0 Å². The van der Waals surface area contributed by atoms with E-state index in [0.29, 0.717) is 5.37 Å². The molecule has 0 saturated carbocycles. The van der Waals surface area contributed by atoms with Crippen molar-refractivity contribution >= 4 is 22.9 Å². The van der Waals surface area contributed by atoms with Gasteiger partial charge in [0.15, 0.2) is 5.65 Å². The number of hydrogen-bond acceptors (Lipinski definition) is 4. The zero-order valence-electron chi connectivity index (χ0n) is 11.9. The fourth-order valence-corrected chi connectivity index (χ4v) is 4.10. The molecule has 2 aromatic heterocycles. The molecule has 1 atom stereocenters. The van der Waals surface area contributed by atoms with E-state index in [2.05, 4.69) is 15.6 Å². The minimum atomic E-state index is 0.501. The van der Waals surface area contributed by atoms with Gasteiger partial charge in [0.05, 0.1) is 5.37 Å². The first-order valence-electron chi connectivity index (χ1n) is 7.32. The average molecular weight is 291 g/mol. The highest BCUT2D eigenvalue weighted by atomic mass is 32.2. The van der Waals surface area contributed by atoms with E-state index in [-0.39, 0.29) is 0 Å². The average Bonchev–Trinajstić information content (AvgIpc) is 2.86. The minimum Gasteiger partial charge on any atom is -0.385 e. The molecule has 0 radical (unpaired) electrons. The van der Waals surface area contributed by atoms with Gasteiger partial charge in [0.25, 0.3) is 0 Å². The lowest BCUT2D eigenvalue weighted by atomic mass is 10.2. The standard InChI is InChI=1S/C15H21N3OS/c1-19-10-5-7-13-17-12-6-4-9-16-15(12)18(13)14-8-2-3-11-20-14/h4,6,9,14H,2-3,5,7-8,10-11H2,1H3. The number of ether oxygens (including phenoxy) is 1. The maximum absolute atomic E-state index is 5.17. The van der Waals surface area contributed by atoms with E-state index in [9.17, 15) is 0 Å². The predicted molar refractivity (Wildman–Crippen MR) is 83.1 cm³/mol. The highest BCUT2D eigenvalue weighted by molar-refractivity contribution is 7.99. The SMILES string of the molecule is COCCCc1nc2cccnc2n1C1CCCCS1. The number of hydrogen-bond donors (Lipinski definition) is 0. The number of rotatable bonds is 5. The number of pyridine rings is 1. The lowest BCUT2D eigenvalue weighted by Gasteiger charge is -2.24. The van der Waals surface area contributed by atoms with Gasteiger partial charge in [-0.3, -0.25) is 0 Å². The van der Waals surface area contributed by atoms with Gasteiger partial charge in [0.1, 0.15) is 11.3 Å². The lowest BCUT2D eigenvalue weighted by molar-refractivity contribution is 0.194. The third kappa shape index (κ3) is 2.83. The maximum atomic E-state index is 5.17. The van der Waals surface area contributed by atoms with Crippen LogP contribution in [0.4, 0.5) is 0 Å². The molecule has 0 spiro atoms. The molecule has 2 aromatic rings. The van der Waals surface area contributed by atoms with Crippen LogP contribution in [0.15, 0.2) is 18.3 Å². The van der Waals surface area contributed by atoms with Crippen LogP contribution in [0.25, 0.3) is 11.2 Å². The Balaban J connectivity index is 1.94. The van der Waals surface area contributed by atoms with Gasteiger partial charge in [-0.25, -0.2) is 9.97 Å². The molecule has 0 aromatic carbocycles. The number of fused-ring (bicyclic) bond motifs is 1. The Hall–Kier alpha value is -1.07. The van der Waals surface area contributed by atoms with Crippen molar-refractivity contribution < 1.29 is 4.74 Å². The second-order valence-corrected chi connectivity index (χ2v) is 6.45. The summed E-state index contributed by atoms with van der Waals surface area (Å²) >= 11 is 2.04. The third-order valence-corrected chi connectivity index (χ3v) is 5.07. The molecule has 1 fully saturated rings. The quantitative estimate of drug-likeness (QED) is 0.791. The van der Waals surface area contributed by atoms with Crippen LogP contribution >= 0.6 is 11.8 Å². The highest BCUT2D eigenvalue weighted by Gasteiger charge is 2.22. The van der Waals surface area contributed by atoms with Gasteiger partial charge in [-0.2, -0.15) is 0 Å². The molecule has 5 heteroatoms. The number of aromatic nitrogens is 3. The van der Waals surface area contributed by atoms with Crippen LogP contribution in [0.5, 0.6) is 0 Å². The fourth-order valence-electron chi connectivity index (χ4n) is 2.76. The van der Waals surface area contributed by atoms with Crippen LogP contribution in [0.3, 0.4) is 0 Å². The maximum Gasteiger partial charge on any atom is 0.160 e. The van der Waals surface area contributed by atoms with E-state index < -0.39 is 0 Å². The molecule has 0 bridgehead atoms. The number of thioether (sulfide) groups is 1. The Bertz CT molecular complexity index is 563. The first kappa shape index (κ1) is 13.9. The minimum absolute atomic E-state index is 0.501. The smallest absolute Gasteiger partial charge is 0.160 e. The normalized spacial score (nSPS) is 19.6. The molecule has 1 aliphatic rings. The lowest BCUT2D eigenvalue weighted by Crippen LogP contribution is -2.14. The van der Waals surface area contributed by atoms with Crippen molar-refractivity contribution in [3.8, 4) is 0 Å². The summed E-state index contributed by atoms with van der Waals surface area (Å²) in [7, 11) is 1.75. The molecule has 0 amide bonds. The zero-order valence-corrected chi connectivity index (χ0v) is 12.7. The van der Waals surface area contributed by atoms with Crippen molar-refractivity contribution in [2.45, 2.75) is 37.5 Å². The summed E-state index contributed by atoms with van der Waals surface area (Å²) in [6.45, 7) is 0.786. The Morgan fingerprint density at radius 2 is 2.40 bits per heavy atom.